The van der Waals surface area contributed by atoms with E-state index in [1.165, 1.54) is 19.2 Å². The average molecular weight is 335 g/mol. The van der Waals surface area contributed by atoms with Gasteiger partial charge in [0.15, 0.2) is 0 Å². The molecule has 0 fully saturated rings. The summed E-state index contributed by atoms with van der Waals surface area (Å²) in [6, 6.07) is 6.22. The van der Waals surface area contributed by atoms with Crippen LogP contribution in [0.1, 0.15) is 11.5 Å². The zero-order valence-corrected chi connectivity index (χ0v) is 12.2. The highest BCUT2D eigenvalue weighted by atomic mass is 32.2. The summed E-state index contributed by atoms with van der Waals surface area (Å²) in [5.74, 6) is -1.67. The maximum Gasteiger partial charge on any atom is 0.471 e. The molecule has 0 aliphatic carbocycles. The van der Waals surface area contributed by atoms with Crippen molar-refractivity contribution in [1.29, 1.82) is 0 Å². The summed E-state index contributed by atoms with van der Waals surface area (Å²) in [6.45, 7) is 0. The number of hydrogen-bond acceptors (Lipinski definition) is 5. The van der Waals surface area contributed by atoms with Crippen LogP contribution in [-0.4, -0.2) is 31.4 Å². The molecule has 0 amide bonds. The Bertz CT molecular complexity index is 739. The minimum atomic E-state index is -4.69. The topological polar surface area (TPSA) is 85.1 Å². The minimum absolute atomic E-state index is 0.0801. The molecule has 0 radical (unpaired) electrons. The molecule has 0 spiro atoms. The first-order chi connectivity index (χ1) is 10.2. The fraction of sp³-hybridized carbons (Fsp3) is 0.333. The Morgan fingerprint density at radius 3 is 2.36 bits per heavy atom. The number of nitrogens with one attached hydrogen (secondary N) is 1. The van der Waals surface area contributed by atoms with E-state index in [9.17, 15) is 21.6 Å². The molecule has 0 aliphatic rings. The number of sulfonamides is 1. The van der Waals surface area contributed by atoms with Gasteiger partial charge in [-0.2, -0.15) is 18.2 Å². The van der Waals surface area contributed by atoms with Gasteiger partial charge in [-0.15, -0.1) is 0 Å². The van der Waals surface area contributed by atoms with Crippen LogP contribution in [0.2, 0.25) is 0 Å². The molecule has 0 aliphatic heterocycles. The summed E-state index contributed by atoms with van der Waals surface area (Å²) in [7, 11) is -1.98. The van der Waals surface area contributed by atoms with Crippen LogP contribution in [0.5, 0.6) is 0 Å². The quantitative estimate of drug-likeness (QED) is 0.901. The highest BCUT2D eigenvalue weighted by Gasteiger charge is 2.38. The van der Waals surface area contributed by atoms with Crippen LogP contribution in [0.3, 0.4) is 0 Å². The zero-order valence-electron chi connectivity index (χ0n) is 11.4. The van der Waals surface area contributed by atoms with E-state index in [-0.39, 0.29) is 18.0 Å². The largest absolute Gasteiger partial charge is 0.471 e. The van der Waals surface area contributed by atoms with Gasteiger partial charge in [-0.3, -0.25) is 0 Å². The molecule has 0 saturated carbocycles. The van der Waals surface area contributed by atoms with Crippen molar-refractivity contribution in [3.05, 3.63) is 35.7 Å². The normalized spacial score (nSPS) is 12.5. The zero-order chi connectivity index (χ0) is 16.4. The first kappa shape index (κ1) is 16.4. The maximum absolute atomic E-state index is 12.4. The third-order valence-corrected chi connectivity index (χ3v) is 4.21. The molecule has 0 unspecified atom stereocenters. The van der Waals surface area contributed by atoms with Crippen molar-refractivity contribution in [3.8, 4) is 11.4 Å². The lowest BCUT2D eigenvalue weighted by atomic mass is 10.1. The lowest BCUT2D eigenvalue weighted by molar-refractivity contribution is -0.159. The van der Waals surface area contributed by atoms with Gasteiger partial charge in [0.25, 0.3) is 0 Å². The molecule has 10 heteroatoms. The number of alkyl halides is 3. The number of aromatic nitrogens is 2. The highest BCUT2D eigenvalue weighted by Crippen LogP contribution is 2.29. The lowest BCUT2D eigenvalue weighted by Crippen LogP contribution is -2.23. The Balaban J connectivity index is 2.10. The van der Waals surface area contributed by atoms with Crippen molar-refractivity contribution in [2.75, 3.05) is 12.8 Å². The second kappa shape index (κ2) is 6.05. The van der Waals surface area contributed by atoms with Gasteiger partial charge < -0.3 is 4.52 Å². The molecule has 0 atom stereocenters. The van der Waals surface area contributed by atoms with Gasteiger partial charge in [-0.1, -0.05) is 29.4 Å². The number of hydrogen-bond donors (Lipinski definition) is 1. The fourth-order valence-corrected chi connectivity index (χ4v) is 2.34. The van der Waals surface area contributed by atoms with E-state index in [1.54, 1.807) is 12.1 Å². The summed E-state index contributed by atoms with van der Waals surface area (Å²) in [4.78, 5) is 3.27. The van der Waals surface area contributed by atoms with Crippen LogP contribution in [-0.2, 0) is 22.6 Å². The Labute approximate surface area is 124 Å². The third kappa shape index (κ3) is 4.04. The molecule has 2 aromatic rings. The van der Waals surface area contributed by atoms with Crippen LogP contribution < -0.4 is 4.72 Å². The lowest BCUT2D eigenvalue weighted by Gasteiger charge is -2.03. The summed E-state index contributed by atoms with van der Waals surface area (Å²) in [5, 5.41) is 3.27. The first-order valence-electron chi connectivity index (χ1n) is 6.13. The maximum atomic E-state index is 12.4. The number of halogens is 3. The van der Waals surface area contributed by atoms with Crippen molar-refractivity contribution in [2.45, 2.75) is 12.6 Å². The molecule has 2 rings (SSSR count). The van der Waals surface area contributed by atoms with Crippen molar-refractivity contribution < 1.29 is 26.1 Å². The molecule has 1 aromatic heterocycles. The summed E-state index contributed by atoms with van der Waals surface area (Å²) >= 11 is 0. The Morgan fingerprint density at radius 2 is 1.86 bits per heavy atom. The molecule has 120 valence electrons. The molecular formula is C12H12F3N3O3S. The summed E-state index contributed by atoms with van der Waals surface area (Å²) in [6.07, 6.45) is -4.41. The first-order valence-corrected chi connectivity index (χ1v) is 7.78. The Kier molecular flexibility index (Phi) is 4.52. The van der Waals surface area contributed by atoms with Gasteiger partial charge in [0.1, 0.15) is 0 Å². The number of aryl methyl sites for hydroxylation is 1. The second-order valence-corrected chi connectivity index (χ2v) is 6.44. The number of benzene rings is 1. The summed E-state index contributed by atoms with van der Waals surface area (Å²) < 4.78 is 66.1. The van der Waals surface area contributed by atoms with Gasteiger partial charge in [-0.05, 0) is 19.0 Å². The van der Waals surface area contributed by atoms with E-state index in [0.717, 1.165) is 5.56 Å². The molecule has 1 N–H and O–H groups in total. The van der Waals surface area contributed by atoms with Crippen LogP contribution in [0.25, 0.3) is 11.4 Å². The van der Waals surface area contributed by atoms with Crippen molar-refractivity contribution in [1.82, 2.24) is 14.9 Å². The molecule has 1 heterocycles. The molecule has 0 saturated heterocycles. The standard InChI is InChI=1S/C12H12F3N3O3S/c1-16-22(19,20)7-6-8-2-4-9(5-3-8)10-17-11(21-18-10)12(13,14)15/h2-5,16H,6-7H2,1H3. The molecular weight excluding hydrogens is 323 g/mol. The van der Waals surface area contributed by atoms with Crippen molar-refractivity contribution in [2.24, 2.45) is 0 Å². The smallest absolute Gasteiger partial charge is 0.329 e. The van der Waals surface area contributed by atoms with E-state index in [0.29, 0.717) is 5.56 Å². The molecule has 22 heavy (non-hydrogen) atoms. The van der Waals surface area contributed by atoms with E-state index in [4.69, 9.17) is 0 Å². The molecule has 6 nitrogen and oxygen atoms in total. The van der Waals surface area contributed by atoms with E-state index in [1.807, 2.05) is 0 Å². The van der Waals surface area contributed by atoms with Crippen LogP contribution >= 0.6 is 0 Å². The fourth-order valence-electron chi connectivity index (χ4n) is 1.63. The van der Waals surface area contributed by atoms with Crippen LogP contribution in [0, 0.1) is 0 Å². The van der Waals surface area contributed by atoms with Gasteiger partial charge >= 0.3 is 12.1 Å². The average Bonchev–Trinajstić information content (AvgIpc) is 2.96. The second-order valence-electron chi connectivity index (χ2n) is 4.39. The third-order valence-electron chi connectivity index (χ3n) is 2.85. The SMILES string of the molecule is CNS(=O)(=O)CCc1ccc(-c2noc(C(F)(F)F)n2)cc1. The predicted octanol–water partition coefficient (Wildman–Crippen LogP) is 1.85. The van der Waals surface area contributed by atoms with Gasteiger partial charge in [0, 0.05) is 5.56 Å². The van der Waals surface area contributed by atoms with Gasteiger partial charge in [0.05, 0.1) is 5.75 Å². The Morgan fingerprint density at radius 1 is 1.23 bits per heavy atom. The summed E-state index contributed by atoms with van der Waals surface area (Å²) in [5.41, 5.74) is 1.07. The van der Waals surface area contributed by atoms with E-state index >= 15 is 0 Å². The van der Waals surface area contributed by atoms with Gasteiger partial charge in [-0.25, -0.2) is 13.1 Å². The molecule has 0 bridgehead atoms. The number of rotatable bonds is 5. The Hall–Kier alpha value is -1.94. The number of nitrogens with zero attached hydrogens (tertiary/aromatic N) is 2. The molecule has 1 aromatic carbocycles. The van der Waals surface area contributed by atoms with Gasteiger partial charge in [0.2, 0.25) is 15.8 Å². The predicted molar refractivity (Wildman–Crippen MR) is 71.3 cm³/mol. The highest BCUT2D eigenvalue weighted by molar-refractivity contribution is 7.89. The van der Waals surface area contributed by atoms with Crippen molar-refractivity contribution in [3.63, 3.8) is 0 Å². The monoisotopic (exact) mass is 335 g/mol. The van der Waals surface area contributed by atoms with Crippen LogP contribution in [0.4, 0.5) is 13.2 Å². The van der Waals surface area contributed by atoms with E-state index < -0.39 is 22.1 Å². The van der Waals surface area contributed by atoms with Crippen LogP contribution in [0.15, 0.2) is 28.8 Å². The van der Waals surface area contributed by atoms with Crippen molar-refractivity contribution >= 4 is 10.0 Å². The van der Waals surface area contributed by atoms with E-state index in [2.05, 4.69) is 19.4 Å². The minimum Gasteiger partial charge on any atom is -0.329 e.